The van der Waals surface area contributed by atoms with E-state index in [1.54, 1.807) is 6.07 Å². The molecule has 0 bridgehead atoms. The van der Waals surface area contributed by atoms with Gasteiger partial charge in [0.05, 0.1) is 6.61 Å². The molecule has 0 heterocycles. The maximum Gasteiger partial charge on any atom is 0.124 e. The van der Waals surface area contributed by atoms with Crippen LogP contribution in [0.1, 0.15) is 18.4 Å². The largest absolute Gasteiger partial charge is 0.394 e. The molecule has 4 heteroatoms. The van der Waals surface area contributed by atoms with E-state index in [-0.39, 0.29) is 18.0 Å². The smallest absolute Gasteiger partial charge is 0.124 e. The van der Waals surface area contributed by atoms with E-state index >= 15 is 0 Å². The first kappa shape index (κ1) is 11.0. The van der Waals surface area contributed by atoms with Crippen molar-refractivity contribution in [3.8, 4) is 0 Å². The average Bonchev–Trinajstić information content (AvgIpc) is 2.97. The lowest BCUT2D eigenvalue weighted by atomic mass is 10.2. The Labute approximate surface area is 96.6 Å². The third-order valence-corrected chi connectivity index (χ3v) is 3.56. The Balaban J connectivity index is 1.99. The van der Waals surface area contributed by atoms with Gasteiger partial charge >= 0.3 is 0 Å². The lowest BCUT2D eigenvalue weighted by Crippen LogP contribution is -2.34. The fourth-order valence-corrected chi connectivity index (χ4v) is 1.98. The summed E-state index contributed by atoms with van der Waals surface area (Å²) < 4.78 is 13.6. The maximum atomic E-state index is 12.8. The van der Waals surface area contributed by atoms with Crippen LogP contribution >= 0.6 is 15.9 Å². The summed E-state index contributed by atoms with van der Waals surface area (Å²) >= 11 is 3.31. The van der Waals surface area contributed by atoms with Gasteiger partial charge in [-0.1, -0.05) is 22.0 Å². The van der Waals surface area contributed by atoms with Crippen LogP contribution in [0.2, 0.25) is 0 Å². The molecule has 82 valence electrons. The van der Waals surface area contributed by atoms with Gasteiger partial charge in [-0.2, -0.15) is 0 Å². The van der Waals surface area contributed by atoms with Crippen LogP contribution < -0.4 is 5.32 Å². The first-order valence-electron chi connectivity index (χ1n) is 4.95. The molecular formula is C11H13BrFNO. The van der Waals surface area contributed by atoms with Crippen LogP contribution in [0.3, 0.4) is 0 Å². The Morgan fingerprint density at radius 3 is 2.73 bits per heavy atom. The Bertz CT molecular complexity index is 366. The van der Waals surface area contributed by atoms with E-state index < -0.39 is 0 Å². The number of aliphatic hydroxyl groups excluding tert-OH is 1. The first-order chi connectivity index (χ1) is 7.15. The highest BCUT2D eigenvalue weighted by Crippen LogP contribution is 2.35. The molecule has 0 atom stereocenters. The highest BCUT2D eigenvalue weighted by molar-refractivity contribution is 9.10. The van der Waals surface area contributed by atoms with Gasteiger partial charge in [0.25, 0.3) is 0 Å². The van der Waals surface area contributed by atoms with Crippen molar-refractivity contribution >= 4 is 15.9 Å². The van der Waals surface area contributed by atoms with Crippen LogP contribution in [0, 0.1) is 5.82 Å². The van der Waals surface area contributed by atoms with Gasteiger partial charge in [-0.15, -0.1) is 0 Å². The number of benzene rings is 1. The van der Waals surface area contributed by atoms with Gasteiger partial charge in [-0.3, -0.25) is 0 Å². The van der Waals surface area contributed by atoms with Crippen molar-refractivity contribution in [1.82, 2.24) is 5.32 Å². The molecule has 1 fully saturated rings. The van der Waals surface area contributed by atoms with Crippen LogP contribution in [-0.4, -0.2) is 17.3 Å². The molecule has 15 heavy (non-hydrogen) atoms. The minimum Gasteiger partial charge on any atom is -0.394 e. The van der Waals surface area contributed by atoms with Gasteiger partial charge in [0, 0.05) is 16.6 Å². The quantitative estimate of drug-likeness (QED) is 0.882. The van der Waals surface area contributed by atoms with Crippen LogP contribution in [0.25, 0.3) is 0 Å². The molecule has 2 nitrogen and oxygen atoms in total. The normalized spacial score (nSPS) is 17.8. The van der Waals surface area contributed by atoms with E-state index in [2.05, 4.69) is 21.2 Å². The molecule has 0 amide bonds. The molecule has 1 saturated carbocycles. The fourth-order valence-electron chi connectivity index (χ4n) is 1.49. The van der Waals surface area contributed by atoms with Gasteiger partial charge in [0.1, 0.15) is 5.82 Å². The molecule has 0 unspecified atom stereocenters. The van der Waals surface area contributed by atoms with E-state index in [0.29, 0.717) is 6.54 Å². The Morgan fingerprint density at radius 2 is 2.20 bits per heavy atom. The van der Waals surface area contributed by atoms with Crippen LogP contribution in [-0.2, 0) is 6.54 Å². The van der Waals surface area contributed by atoms with Crippen LogP contribution in [0.15, 0.2) is 22.7 Å². The van der Waals surface area contributed by atoms with Crippen molar-refractivity contribution in [1.29, 1.82) is 0 Å². The molecule has 1 aromatic carbocycles. The molecule has 1 aliphatic rings. The Hall–Kier alpha value is -0.450. The van der Waals surface area contributed by atoms with Gasteiger partial charge in [-0.05, 0) is 30.5 Å². The molecule has 2 rings (SSSR count). The average molecular weight is 274 g/mol. The zero-order valence-corrected chi connectivity index (χ0v) is 9.85. The first-order valence-corrected chi connectivity index (χ1v) is 5.74. The second-order valence-electron chi connectivity index (χ2n) is 4.03. The summed E-state index contributed by atoms with van der Waals surface area (Å²) in [5, 5.41) is 12.4. The summed E-state index contributed by atoms with van der Waals surface area (Å²) in [7, 11) is 0. The van der Waals surface area contributed by atoms with Crippen molar-refractivity contribution in [3.05, 3.63) is 34.1 Å². The standard InChI is InChI=1S/C11H13BrFNO/c12-10-5-9(13)2-1-8(10)6-14-11(7-15)3-4-11/h1-2,5,14-15H,3-4,6-7H2. The van der Waals surface area contributed by atoms with Crippen molar-refractivity contribution in [2.24, 2.45) is 0 Å². The monoisotopic (exact) mass is 273 g/mol. The molecular weight excluding hydrogens is 261 g/mol. The number of halogens is 2. The van der Waals surface area contributed by atoms with Crippen molar-refractivity contribution in [2.75, 3.05) is 6.61 Å². The lowest BCUT2D eigenvalue weighted by Gasteiger charge is -2.14. The third kappa shape index (κ3) is 2.56. The summed E-state index contributed by atoms with van der Waals surface area (Å²) in [4.78, 5) is 0. The predicted molar refractivity (Wildman–Crippen MR) is 60.0 cm³/mol. The molecule has 0 saturated heterocycles. The number of aliphatic hydroxyl groups is 1. The van der Waals surface area contributed by atoms with E-state index in [1.165, 1.54) is 12.1 Å². The Morgan fingerprint density at radius 1 is 1.47 bits per heavy atom. The minimum absolute atomic E-state index is 0.0756. The molecule has 0 radical (unpaired) electrons. The summed E-state index contributed by atoms with van der Waals surface area (Å²) in [5.41, 5.74) is 0.935. The maximum absolute atomic E-state index is 12.8. The molecule has 0 aliphatic heterocycles. The van der Waals surface area contributed by atoms with Crippen LogP contribution in [0.4, 0.5) is 4.39 Å². The van der Waals surface area contributed by atoms with Gasteiger partial charge < -0.3 is 10.4 Å². The summed E-state index contributed by atoms with van der Waals surface area (Å²) in [6.07, 6.45) is 2.03. The zero-order valence-electron chi connectivity index (χ0n) is 8.26. The highest BCUT2D eigenvalue weighted by Gasteiger charge is 2.41. The van der Waals surface area contributed by atoms with Gasteiger partial charge in [0.15, 0.2) is 0 Å². The number of nitrogens with one attached hydrogen (secondary N) is 1. The summed E-state index contributed by atoms with van der Waals surface area (Å²) in [5.74, 6) is -0.242. The van der Waals surface area contributed by atoms with Gasteiger partial charge in [-0.25, -0.2) is 4.39 Å². The predicted octanol–water partition coefficient (Wildman–Crippen LogP) is 2.20. The number of rotatable bonds is 4. The molecule has 0 spiro atoms. The van der Waals surface area contributed by atoms with Gasteiger partial charge in [0.2, 0.25) is 0 Å². The lowest BCUT2D eigenvalue weighted by molar-refractivity contribution is 0.229. The zero-order chi connectivity index (χ0) is 10.9. The number of hydrogen-bond acceptors (Lipinski definition) is 2. The van der Waals surface area contributed by atoms with E-state index in [9.17, 15) is 4.39 Å². The minimum atomic E-state index is -0.242. The SMILES string of the molecule is OCC1(NCc2ccc(F)cc2Br)CC1. The molecule has 1 aromatic rings. The third-order valence-electron chi connectivity index (χ3n) is 2.83. The van der Waals surface area contributed by atoms with Crippen molar-refractivity contribution < 1.29 is 9.50 Å². The second kappa shape index (κ2) is 4.20. The van der Waals surface area contributed by atoms with E-state index in [4.69, 9.17) is 5.11 Å². The van der Waals surface area contributed by atoms with E-state index in [0.717, 1.165) is 22.9 Å². The highest BCUT2D eigenvalue weighted by atomic mass is 79.9. The van der Waals surface area contributed by atoms with Crippen molar-refractivity contribution in [3.63, 3.8) is 0 Å². The topological polar surface area (TPSA) is 32.3 Å². The second-order valence-corrected chi connectivity index (χ2v) is 4.88. The molecule has 2 N–H and O–H groups in total. The van der Waals surface area contributed by atoms with Crippen LogP contribution in [0.5, 0.6) is 0 Å². The number of hydrogen-bond donors (Lipinski definition) is 2. The van der Waals surface area contributed by atoms with Crippen molar-refractivity contribution in [2.45, 2.75) is 24.9 Å². The molecule has 1 aliphatic carbocycles. The van der Waals surface area contributed by atoms with E-state index in [1.807, 2.05) is 0 Å². The fraction of sp³-hybridized carbons (Fsp3) is 0.455. The summed E-state index contributed by atoms with van der Waals surface area (Å²) in [6.45, 7) is 0.827. The Kier molecular flexibility index (Phi) is 3.09. The summed E-state index contributed by atoms with van der Waals surface area (Å²) in [6, 6.07) is 4.65. The molecule has 0 aromatic heterocycles.